The Bertz CT molecular complexity index is 1280. The summed E-state index contributed by atoms with van der Waals surface area (Å²) in [5.74, 6) is -0.989. The summed E-state index contributed by atoms with van der Waals surface area (Å²) in [6.07, 6.45) is 1.51. The Labute approximate surface area is 235 Å². The zero-order valence-corrected chi connectivity index (χ0v) is 23.1. The second-order valence-electron chi connectivity index (χ2n) is 8.60. The van der Waals surface area contributed by atoms with E-state index >= 15 is 0 Å². The van der Waals surface area contributed by atoms with Gasteiger partial charge < -0.3 is 24.0 Å². The van der Waals surface area contributed by atoms with Crippen LogP contribution in [0, 0.1) is 0 Å². The molecule has 0 spiro atoms. The second kappa shape index (κ2) is 12.9. The molecule has 2 aromatic carbocycles. The van der Waals surface area contributed by atoms with Crippen LogP contribution in [0.25, 0.3) is 6.08 Å². The second-order valence-corrected chi connectivity index (χ2v) is 10.00. The molecule has 12 heteroatoms. The molecule has 0 aliphatic carbocycles. The van der Waals surface area contributed by atoms with Crippen LogP contribution in [-0.4, -0.2) is 85.9 Å². The Hall–Kier alpha value is -3.70. The van der Waals surface area contributed by atoms with E-state index in [1.807, 2.05) is 30.3 Å². The van der Waals surface area contributed by atoms with Crippen LogP contribution in [0.2, 0.25) is 5.02 Å². The molecule has 0 atom stereocenters. The normalized spacial score (nSPS) is 16.6. The number of anilines is 1. The highest BCUT2D eigenvalue weighted by Gasteiger charge is 2.37. The van der Waals surface area contributed by atoms with Crippen LogP contribution in [0.1, 0.15) is 12.5 Å². The standard InChI is InChI=1S/C27H28ClN3O7S/c1-3-37-21-14-18(13-20(28)25(21)38-17-24(33)36-2)15-22-26(34)31(27(35)39-22)16-23(32)30-11-9-29(10-12-30)19-7-5-4-6-8-19/h4-8,13-15H,3,9-12,16-17H2,1-2H3/b22-15-. The fourth-order valence-corrected chi connectivity index (χ4v) is 5.25. The first-order valence-electron chi connectivity index (χ1n) is 12.3. The molecule has 0 unspecified atom stereocenters. The highest BCUT2D eigenvalue weighted by Crippen LogP contribution is 2.39. The molecule has 206 valence electrons. The lowest BCUT2D eigenvalue weighted by atomic mass is 10.1. The maximum Gasteiger partial charge on any atom is 0.343 e. The molecule has 0 bridgehead atoms. The molecule has 0 N–H and O–H groups in total. The van der Waals surface area contributed by atoms with Crippen molar-refractivity contribution < 1.29 is 33.4 Å². The summed E-state index contributed by atoms with van der Waals surface area (Å²) >= 11 is 7.12. The SMILES string of the molecule is CCOc1cc(/C=C2\SC(=O)N(CC(=O)N3CCN(c4ccccc4)CC3)C2=O)cc(Cl)c1OCC(=O)OC. The van der Waals surface area contributed by atoms with Gasteiger partial charge in [-0.3, -0.25) is 19.3 Å². The number of ether oxygens (including phenoxy) is 3. The van der Waals surface area contributed by atoms with Crippen molar-refractivity contribution in [1.29, 1.82) is 0 Å². The Morgan fingerprint density at radius 2 is 1.77 bits per heavy atom. The molecule has 2 aromatic rings. The van der Waals surface area contributed by atoms with Gasteiger partial charge >= 0.3 is 5.97 Å². The molecule has 2 heterocycles. The van der Waals surface area contributed by atoms with Gasteiger partial charge in [0.15, 0.2) is 18.1 Å². The summed E-state index contributed by atoms with van der Waals surface area (Å²) < 4.78 is 15.6. The van der Waals surface area contributed by atoms with Crippen LogP contribution in [0.5, 0.6) is 11.5 Å². The smallest absolute Gasteiger partial charge is 0.343 e. The summed E-state index contributed by atoms with van der Waals surface area (Å²) in [6, 6.07) is 13.1. The molecule has 10 nitrogen and oxygen atoms in total. The number of thioether (sulfide) groups is 1. The number of benzene rings is 2. The van der Waals surface area contributed by atoms with Crippen molar-refractivity contribution in [2.75, 3.05) is 57.9 Å². The van der Waals surface area contributed by atoms with Crippen LogP contribution >= 0.6 is 23.4 Å². The van der Waals surface area contributed by atoms with Crippen LogP contribution in [0.3, 0.4) is 0 Å². The molecule has 3 amide bonds. The highest BCUT2D eigenvalue weighted by molar-refractivity contribution is 8.18. The number of hydrogen-bond donors (Lipinski definition) is 0. The van der Waals surface area contributed by atoms with Gasteiger partial charge in [-0.05, 0) is 54.6 Å². The monoisotopic (exact) mass is 573 g/mol. The molecule has 0 saturated carbocycles. The van der Waals surface area contributed by atoms with Crippen molar-refractivity contribution in [2.24, 2.45) is 0 Å². The zero-order valence-electron chi connectivity index (χ0n) is 21.6. The summed E-state index contributed by atoms with van der Waals surface area (Å²) in [6.45, 7) is 3.73. The van der Waals surface area contributed by atoms with Gasteiger partial charge in [0.2, 0.25) is 5.91 Å². The topological polar surface area (TPSA) is 106 Å². The third-order valence-electron chi connectivity index (χ3n) is 6.11. The average Bonchev–Trinajstić information content (AvgIpc) is 3.20. The Kier molecular flexibility index (Phi) is 9.36. The summed E-state index contributed by atoms with van der Waals surface area (Å²) in [5, 5.41) is -0.364. The van der Waals surface area contributed by atoms with E-state index in [9.17, 15) is 19.2 Å². The lowest BCUT2D eigenvalue weighted by Gasteiger charge is -2.36. The van der Waals surface area contributed by atoms with Gasteiger partial charge in [0.25, 0.3) is 11.1 Å². The first-order chi connectivity index (χ1) is 18.8. The first-order valence-corrected chi connectivity index (χ1v) is 13.5. The van der Waals surface area contributed by atoms with Gasteiger partial charge in [0.05, 0.1) is 23.6 Å². The minimum atomic E-state index is -0.584. The van der Waals surface area contributed by atoms with E-state index in [4.69, 9.17) is 21.1 Å². The molecule has 4 rings (SSSR count). The summed E-state index contributed by atoms with van der Waals surface area (Å²) in [7, 11) is 1.24. The molecule has 2 fully saturated rings. The van der Waals surface area contributed by atoms with Crippen molar-refractivity contribution in [3.05, 3.63) is 58.0 Å². The molecular formula is C27H28ClN3O7S. The first kappa shape index (κ1) is 28.3. The molecule has 0 radical (unpaired) electrons. The van der Waals surface area contributed by atoms with E-state index in [0.29, 0.717) is 38.3 Å². The van der Waals surface area contributed by atoms with Crippen LogP contribution < -0.4 is 14.4 Å². The number of imide groups is 1. The van der Waals surface area contributed by atoms with E-state index in [2.05, 4.69) is 9.64 Å². The third-order valence-corrected chi connectivity index (χ3v) is 7.30. The van der Waals surface area contributed by atoms with E-state index in [1.165, 1.54) is 19.3 Å². The van der Waals surface area contributed by atoms with Gasteiger partial charge in [-0.2, -0.15) is 0 Å². The molecular weight excluding hydrogens is 546 g/mol. The van der Waals surface area contributed by atoms with Crippen molar-refractivity contribution in [2.45, 2.75) is 6.92 Å². The molecule has 39 heavy (non-hydrogen) atoms. The summed E-state index contributed by atoms with van der Waals surface area (Å²) in [5.41, 5.74) is 1.58. The third kappa shape index (κ3) is 6.85. The fourth-order valence-electron chi connectivity index (χ4n) is 4.14. The number of carbonyl (C=O) groups is 4. The van der Waals surface area contributed by atoms with E-state index in [1.54, 1.807) is 17.9 Å². The quantitative estimate of drug-likeness (QED) is 0.328. The van der Waals surface area contributed by atoms with Crippen molar-refractivity contribution in [3.63, 3.8) is 0 Å². The van der Waals surface area contributed by atoms with E-state index < -0.39 is 17.1 Å². The van der Waals surface area contributed by atoms with Gasteiger partial charge in [-0.25, -0.2) is 4.79 Å². The maximum absolute atomic E-state index is 13.0. The van der Waals surface area contributed by atoms with E-state index in [0.717, 1.165) is 22.3 Å². The minimum absolute atomic E-state index is 0.153. The van der Waals surface area contributed by atoms with Gasteiger partial charge in [-0.15, -0.1) is 0 Å². The van der Waals surface area contributed by atoms with Crippen LogP contribution in [0.4, 0.5) is 10.5 Å². The largest absolute Gasteiger partial charge is 0.490 e. The maximum atomic E-state index is 13.0. The van der Waals surface area contributed by atoms with Gasteiger partial charge in [-0.1, -0.05) is 29.8 Å². The molecule has 0 aromatic heterocycles. The Morgan fingerprint density at radius 3 is 2.44 bits per heavy atom. The number of para-hydroxylation sites is 1. The minimum Gasteiger partial charge on any atom is -0.490 e. The number of hydrogen-bond acceptors (Lipinski definition) is 9. The molecule has 2 saturated heterocycles. The number of nitrogens with zero attached hydrogens (tertiary/aromatic N) is 3. The number of methoxy groups -OCH3 is 1. The van der Waals surface area contributed by atoms with Crippen LogP contribution in [-0.2, 0) is 19.1 Å². The van der Waals surface area contributed by atoms with Gasteiger partial charge in [0.1, 0.15) is 6.54 Å². The van der Waals surface area contributed by atoms with E-state index in [-0.39, 0.29) is 40.5 Å². The Morgan fingerprint density at radius 1 is 1.05 bits per heavy atom. The molecule has 2 aliphatic rings. The number of piperazine rings is 1. The zero-order chi connectivity index (χ0) is 27.9. The predicted molar refractivity (Wildman–Crippen MR) is 148 cm³/mol. The lowest BCUT2D eigenvalue weighted by molar-refractivity contribution is -0.143. The lowest BCUT2D eigenvalue weighted by Crippen LogP contribution is -2.51. The van der Waals surface area contributed by atoms with Crippen LogP contribution in [0.15, 0.2) is 47.4 Å². The average molecular weight is 574 g/mol. The predicted octanol–water partition coefficient (Wildman–Crippen LogP) is 3.68. The number of rotatable bonds is 9. The number of halogens is 1. The van der Waals surface area contributed by atoms with Crippen molar-refractivity contribution in [3.8, 4) is 11.5 Å². The van der Waals surface area contributed by atoms with Crippen molar-refractivity contribution in [1.82, 2.24) is 9.80 Å². The fraction of sp³-hybridized carbons (Fsp3) is 0.333. The Balaban J connectivity index is 1.41. The number of carbonyl (C=O) groups excluding carboxylic acids is 4. The van der Waals surface area contributed by atoms with Gasteiger partial charge in [0, 0.05) is 31.9 Å². The number of esters is 1. The summed E-state index contributed by atoms with van der Waals surface area (Å²) in [4.78, 5) is 55.1. The van der Waals surface area contributed by atoms with Crippen molar-refractivity contribution >= 4 is 58.1 Å². The number of amides is 3. The highest BCUT2D eigenvalue weighted by atomic mass is 35.5. The molecule has 2 aliphatic heterocycles.